The summed E-state index contributed by atoms with van der Waals surface area (Å²) >= 11 is 6.88. The molecule has 0 saturated heterocycles. The van der Waals surface area contributed by atoms with Gasteiger partial charge in [0, 0.05) is 14.5 Å². The van der Waals surface area contributed by atoms with Crippen molar-refractivity contribution in [1.82, 2.24) is 0 Å². The number of hydrogen-bond acceptors (Lipinski definition) is 4. The highest BCUT2D eigenvalue weighted by Gasteiger charge is 2.07. The molecule has 0 unspecified atom stereocenters. The highest BCUT2D eigenvalue weighted by atomic mass is 79.9. The molecule has 21 heavy (non-hydrogen) atoms. The van der Waals surface area contributed by atoms with Crippen LogP contribution < -0.4 is 14.9 Å². The molecule has 0 fully saturated rings. The van der Waals surface area contributed by atoms with Crippen molar-refractivity contribution in [2.24, 2.45) is 5.10 Å². The molecule has 0 aromatic heterocycles. The van der Waals surface area contributed by atoms with Crippen molar-refractivity contribution in [3.63, 3.8) is 0 Å². The molecule has 2 aromatic rings. The summed E-state index contributed by atoms with van der Waals surface area (Å²) in [5.41, 5.74) is 4.76. The van der Waals surface area contributed by atoms with Crippen LogP contribution in [0.15, 0.2) is 50.4 Å². The molecule has 0 aliphatic heterocycles. The molecule has 0 saturated carbocycles. The molecular formula is C15H14Br2N2O2. The van der Waals surface area contributed by atoms with Gasteiger partial charge >= 0.3 is 0 Å². The second-order valence-corrected chi connectivity index (χ2v) is 5.88. The fourth-order valence-electron chi connectivity index (χ4n) is 1.67. The Balaban J connectivity index is 2.15. The number of anilines is 1. The number of hydrazone groups is 1. The average Bonchev–Trinajstić information content (AvgIpc) is 2.50. The SMILES string of the molecule is COc1cc(Br)c(/C=N\Nc2ccc(Br)cc2)cc1OC. The van der Waals surface area contributed by atoms with Gasteiger partial charge in [-0.2, -0.15) is 5.10 Å². The topological polar surface area (TPSA) is 42.8 Å². The van der Waals surface area contributed by atoms with Crippen LogP contribution >= 0.6 is 31.9 Å². The van der Waals surface area contributed by atoms with Gasteiger partial charge < -0.3 is 9.47 Å². The maximum atomic E-state index is 5.28. The molecule has 0 amide bonds. The zero-order chi connectivity index (χ0) is 15.2. The quantitative estimate of drug-likeness (QED) is 0.571. The standard InChI is InChI=1S/C15H14Br2N2O2/c1-20-14-7-10(13(17)8-15(14)21-2)9-18-19-12-5-3-11(16)4-6-12/h3-9,19H,1-2H3/b18-9-. The molecule has 0 bridgehead atoms. The number of rotatable bonds is 5. The van der Waals surface area contributed by atoms with E-state index in [9.17, 15) is 0 Å². The lowest BCUT2D eigenvalue weighted by Gasteiger charge is -2.09. The summed E-state index contributed by atoms with van der Waals surface area (Å²) in [5, 5.41) is 4.22. The Morgan fingerprint density at radius 1 is 1.00 bits per heavy atom. The highest BCUT2D eigenvalue weighted by molar-refractivity contribution is 9.10. The third kappa shape index (κ3) is 4.22. The van der Waals surface area contributed by atoms with Crippen molar-refractivity contribution in [3.05, 3.63) is 50.9 Å². The normalized spacial score (nSPS) is 10.7. The van der Waals surface area contributed by atoms with Gasteiger partial charge in [0.25, 0.3) is 0 Å². The Bertz CT molecular complexity index is 643. The maximum absolute atomic E-state index is 5.28. The van der Waals surface area contributed by atoms with E-state index in [-0.39, 0.29) is 0 Å². The lowest BCUT2D eigenvalue weighted by Crippen LogP contribution is -1.95. The van der Waals surface area contributed by atoms with Crippen LogP contribution in [0.25, 0.3) is 0 Å². The third-order valence-electron chi connectivity index (χ3n) is 2.74. The molecule has 0 heterocycles. The predicted molar refractivity (Wildman–Crippen MR) is 92.6 cm³/mol. The number of ether oxygens (including phenoxy) is 2. The fourth-order valence-corrected chi connectivity index (χ4v) is 2.36. The summed E-state index contributed by atoms with van der Waals surface area (Å²) in [6, 6.07) is 11.5. The van der Waals surface area contributed by atoms with Crippen LogP contribution in [-0.2, 0) is 0 Å². The molecule has 0 spiro atoms. The number of nitrogens with zero attached hydrogens (tertiary/aromatic N) is 1. The van der Waals surface area contributed by atoms with Gasteiger partial charge in [0.15, 0.2) is 11.5 Å². The number of methoxy groups -OCH3 is 2. The fraction of sp³-hybridized carbons (Fsp3) is 0.133. The van der Waals surface area contributed by atoms with E-state index < -0.39 is 0 Å². The van der Waals surface area contributed by atoms with Crippen molar-refractivity contribution in [2.75, 3.05) is 19.6 Å². The summed E-state index contributed by atoms with van der Waals surface area (Å²) < 4.78 is 12.4. The van der Waals surface area contributed by atoms with Crippen LogP contribution in [0.1, 0.15) is 5.56 Å². The first kappa shape index (κ1) is 15.9. The lowest BCUT2D eigenvalue weighted by molar-refractivity contribution is 0.354. The predicted octanol–water partition coefficient (Wildman–Crippen LogP) is 4.67. The van der Waals surface area contributed by atoms with Gasteiger partial charge in [-0.15, -0.1) is 0 Å². The molecule has 6 heteroatoms. The van der Waals surface area contributed by atoms with E-state index in [0.717, 1.165) is 20.2 Å². The van der Waals surface area contributed by atoms with Crippen LogP contribution in [0.3, 0.4) is 0 Å². The monoisotopic (exact) mass is 412 g/mol. The summed E-state index contributed by atoms with van der Waals surface area (Å²) in [7, 11) is 3.21. The number of benzene rings is 2. The van der Waals surface area contributed by atoms with Crippen molar-refractivity contribution >= 4 is 43.8 Å². The maximum Gasteiger partial charge on any atom is 0.161 e. The summed E-state index contributed by atoms with van der Waals surface area (Å²) in [6.07, 6.45) is 1.72. The van der Waals surface area contributed by atoms with E-state index in [1.165, 1.54) is 0 Å². The van der Waals surface area contributed by atoms with Crippen molar-refractivity contribution in [1.29, 1.82) is 0 Å². The first-order valence-electron chi connectivity index (χ1n) is 6.10. The second-order valence-electron chi connectivity index (χ2n) is 4.11. The van der Waals surface area contributed by atoms with E-state index in [4.69, 9.17) is 9.47 Å². The van der Waals surface area contributed by atoms with Crippen LogP contribution in [0.5, 0.6) is 11.5 Å². The minimum Gasteiger partial charge on any atom is -0.493 e. The van der Waals surface area contributed by atoms with E-state index in [0.29, 0.717) is 11.5 Å². The van der Waals surface area contributed by atoms with Crippen molar-refractivity contribution in [2.45, 2.75) is 0 Å². The first-order chi connectivity index (χ1) is 10.1. The molecule has 2 aromatic carbocycles. The van der Waals surface area contributed by atoms with Gasteiger partial charge in [-0.25, -0.2) is 0 Å². The zero-order valence-corrected chi connectivity index (χ0v) is 14.7. The Labute approximate surface area is 140 Å². The molecule has 2 rings (SSSR count). The van der Waals surface area contributed by atoms with E-state index in [1.807, 2.05) is 36.4 Å². The average molecular weight is 414 g/mol. The first-order valence-corrected chi connectivity index (χ1v) is 7.69. The smallest absolute Gasteiger partial charge is 0.161 e. The molecule has 0 atom stereocenters. The third-order valence-corrected chi connectivity index (χ3v) is 3.96. The van der Waals surface area contributed by atoms with Crippen LogP contribution in [-0.4, -0.2) is 20.4 Å². The number of halogens is 2. The van der Waals surface area contributed by atoms with Crippen molar-refractivity contribution in [3.8, 4) is 11.5 Å². The van der Waals surface area contributed by atoms with Gasteiger partial charge in [0.2, 0.25) is 0 Å². The van der Waals surface area contributed by atoms with Crippen LogP contribution in [0, 0.1) is 0 Å². The Kier molecular flexibility index (Phi) is 5.64. The number of nitrogens with one attached hydrogen (secondary N) is 1. The highest BCUT2D eigenvalue weighted by Crippen LogP contribution is 2.32. The molecule has 4 nitrogen and oxygen atoms in total. The summed E-state index contributed by atoms with van der Waals surface area (Å²) in [4.78, 5) is 0. The lowest BCUT2D eigenvalue weighted by atomic mass is 10.2. The van der Waals surface area contributed by atoms with Gasteiger partial charge in [-0.05, 0) is 52.3 Å². The summed E-state index contributed by atoms with van der Waals surface area (Å²) in [6.45, 7) is 0. The van der Waals surface area contributed by atoms with Gasteiger partial charge in [0.05, 0.1) is 26.1 Å². The molecule has 0 radical (unpaired) electrons. The number of hydrogen-bond donors (Lipinski definition) is 1. The zero-order valence-electron chi connectivity index (χ0n) is 11.6. The Morgan fingerprint density at radius 3 is 2.24 bits per heavy atom. The van der Waals surface area contributed by atoms with E-state index >= 15 is 0 Å². The molecule has 1 N–H and O–H groups in total. The van der Waals surface area contributed by atoms with Gasteiger partial charge in [-0.3, -0.25) is 5.43 Å². The molecular weight excluding hydrogens is 400 g/mol. The molecule has 0 aliphatic carbocycles. The summed E-state index contributed by atoms with van der Waals surface area (Å²) in [5.74, 6) is 1.33. The minimum absolute atomic E-state index is 0.658. The van der Waals surface area contributed by atoms with Gasteiger partial charge in [0.1, 0.15) is 0 Å². The minimum atomic E-state index is 0.658. The van der Waals surface area contributed by atoms with E-state index in [1.54, 1.807) is 20.4 Å². The van der Waals surface area contributed by atoms with Crippen LogP contribution in [0.4, 0.5) is 5.69 Å². The van der Waals surface area contributed by atoms with E-state index in [2.05, 4.69) is 42.4 Å². The second kappa shape index (κ2) is 7.47. The van der Waals surface area contributed by atoms with Crippen LogP contribution in [0.2, 0.25) is 0 Å². The molecule has 110 valence electrons. The largest absolute Gasteiger partial charge is 0.493 e. The van der Waals surface area contributed by atoms with Gasteiger partial charge in [-0.1, -0.05) is 15.9 Å². The Hall–Kier alpha value is -1.53. The Morgan fingerprint density at radius 2 is 1.62 bits per heavy atom. The van der Waals surface area contributed by atoms with Crippen molar-refractivity contribution < 1.29 is 9.47 Å². The molecule has 0 aliphatic rings.